The molecule has 0 aliphatic heterocycles. The molecule has 2 rings (SSSR count). The normalized spacial score (nSPS) is 10.4. The zero-order valence-corrected chi connectivity index (χ0v) is 8.97. The number of carbonyl (C=O) groups is 1. The Labute approximate surface area is 89.9 Å². The van der Waals surface area contributed by atoms with Crippen LogP contribution in [0.5, 0.6) is 0 Å². The van der Waals surface area contributed by atoms with Crippen molar-refractivity contribution < 1.29 is 4.79 Å². The molecule has 0 bridgehead atoms. The molecule has 0 atom stereocenters. The van der Waals surface area contributed by atoms with Gasteiger partial charge in [0.05, 0.1) is 21.3 Å². The van der Waals surface area contributed by atoms with E-state index >= 15 is 0 Å². The number of rotatable bonds is 2. The summed E-state index contributed by atoms with van der Waals surface area (Å²) in [5.74, 6) is 0. The fourth-order valence-electron chi connectivity index (χ4n) is 1.10. The van der Waals surface area contributed by atoms with Gasteiger partial charge in [0.1, 0.15) is 0 Å². The van der Waals surface area contributed by atoms with Crippen LogP contribution in [0.3, 0.4) is 0 Å². The van der Waals surface area contributed by atoms with Crippen molar-refractivity contribution in [3.05, 3.63) is 33.2 Å². The highest BCUT2D eigenvalue weighted by atomic mass is 35.5. The number of hydrogen-bond acceptors (Lipinski definition) is 3. The van der Waals surface area contributed by atoms with Crippen LogP contribution >= 0.6 is 22.9 Å². The third-order valence-electron chi connectivity index (χ3n) is 1.83. The van der Waals surface area contributed by atoms with Crippen LogP contribution in [0.4, 0.5) is 0 Å². The molecule has 2 heterocycles. The molecule has 0 amide bonds. The van der Waals surface area contributed by atoms with Crippen LogP contribution in [0.2, 0.25) is 5.02 Å². The van der Waals surface area contributed by atoms with Crippen molar-refractivity contribution in [3.8, 4) is 5.69 Å². The predicted octanol–water partition coefficient (Wildman–Crippen LogP) is 2.71. The summed E-state index contributed by atoms with van der Waals surface area (Å²) in [7, 11) is 0. The summed E-state index contributed by atoms with van der Waals surface area (Å²) < 4.78 is 1.67. The lowest BCUT2D eigenvalue weighted by molar-refractivity contribution is 0.112. The van der Waals surface area contributed by atoms with Crippen molar-refractivity contribution in [2.75, 3.05) is 0 Å². The Morgan fingerprint density at radius 1 is 1.64 bits per heavy atom. The maximum Gasteiger partial charge on any atom is 0.160 e. The first-order valence-electron chi connectivity index (χ1n) is 3.96. The molecule has 2 aromatic heterocycles. The maximum absolute atomic E-state index is 10.5. The number of carbonyl (C=O) groups excluding carboxylic acids is 1. The average Bonchev–Trinajstić information content (AvgIpc) is 2.74. The van der Waals surface area contributed by atoms with Crippen molar-refractivity contribution in [1.29, 1.82) is 0 Å². The summed E-state index contributed by atoms with van der Waals surface area (Å²) in [4.78, 5) is 11.2. The van der Waals surface area contributed by atoms with E-state index in [0.717, 1.165) is 17.7 Å². The highest BCUT2D eigenvalue weighted by Gasteiger charge is 2.05. The van der Waals surface area contributed by atoms with E-state index in [2.05, 4.69) is 5.10 Å². The van der Waals surface area contributed by atoms with Gasteiger partial charge < -0.3 is 0 Å². The first-order valence-corrected chi connectivity index (χ1v) is 5.22. The minimum absolute atomic E-state index is 0.629. The van der Waals surface area contributed by atoms with Crippen LogP contribution in [-0.2, 0) is 0 Å². The highest BCUT2D eigenvalue weighted by molar-refractivity contribution is 7.12. The average molecular weight is 227 g/mol. The molecule has 5 heteroatoms. The molecule has 0 saturated heterocycles. The largest absolute Gasteiger partial charge is 0.297 e. The second kappa shape index (κ2) is 3.55. The van der Waals surface area contributed by atoms with Gasteiger partial charge in [-0.05, 0) is 13.0 Å². The van der Waals surface area contributed by atoms with E-state index in [4.69, 9.17) is 11.6 Å². The summed E-state index contributed by atoms with van der Waals surface area (Å²) in [5.41, 5.74) is 1.65. The van der Waals surface area contributed by atoms with Gasteiger partial charge in [-0.15, -0.1) is 11.3 Å². The zero-order chi connectivity index (χ0) is 10.1. The summed E-state index contributed by atoms with van der Waals surface area (Å²) in [6.45, 7) is 1.84. The Hall–Kier alpha value is -1.13. The van der Waals surface area contributed by atoms with Gasteiger partial charge >= 0.3 is 0 Å². The lowest BCUT2D eigenvalue weighted by Crippen LogP contribution is -1.91. The van der Waals surface area contributed by atoms with Crippen molar-refractivity contribution in [2.45, 2.75) is 6.92 Å². The molecule has 3 nitrogen and oxygen atoms in total. The summed E-state index contributed by atoms with van der Waals surface area (Å²) in [6, 6.07) is 1.78. The van der Waals surface area contributed by atoms with Gasteiger partial charge in [0.15, 0.2) is 6.29 Å². The summed E-state index contributed by atoms with van der Waals surface area (Å²) >= 11 is 7.26. The van der Waals surface area contributed by atoms with Crippen LogP contribution in [0.15, 0.2) is 17.6 Å². The Balaban J connectivity index is 2.43. The van der Waals surface area contributed by atoms with E-state index in [-0.39, 0.29) is 0 Å². The number of aldehydes is 1. The van der Waals surface area contributed by atoms with E-state index in [9.17, 15) is 4.79 Å². The predicted molar refractivity (Wildman–Crippen MR) is 56.6 cm³/mol. The quantitative estimate of drug-likeness (QED) is 0.738. The fourth-order valence-corrected chi connectivity index (χ4v) is 1.90. The second-order valence-corrected chi connectivity index (χ2v) is 4.18. The number of thiophene rings is 1. The van der Waals surface area contributed by atoms with Crippen molar-refractivity contribution >= 4 is 29.2 Å². The molecule has 0 aromatic carbocycles. The third-order valence-corrected chi connectivity index (χ3v) is 3.04. The monoisotopic (exact) mass is 226 g/mol. The summed E-state index contributed by atoms with van der Waals surface area (Å²) in [6.07, 6.45) is 2.56. The standard InChI is InChI=1S/C9H7ClN2OS/c1-6-9(10)3-12(11-6)7-2-8(4-13)14-5-7/h2-5H,1H3. The van der Waals surface area contributed by atoms with Gasteiger partial charge in [-0.2, -0.15) is 5.10 Å². The van der Waals surface area contributed by atoms with Gasteiger partial charge in [-0.1, -0.05) is 11.6 Å². The minimum atomic E-state index is 0.629. The Bertz CT molecular complexity index is 455. The highest BCUT2D eigenvalue weighted by Crippen LogP contribution is 2.20. The molecule has 0 N–H and O–H groups in total. The molecule has 0 spiro atoms. The van der Waals surface area contributed by atoms with E-state index in [1.165, 1.54) is 11.3 Å². The SMILES string of the molecule is Cc1nn(-c2csc(C=O)c2)cc1Cl. The third kappa shape index (κ3) is 1.58. The van der Waals surface area contributed by atoms with Crippen LogP contribution in [0, 0.1) is 6.92 Å². The topological polar surface area (TPSA) is 34.9 Å². The number of hydrogen-bond donors (Lipinski definition) is 0. The smallest absolute Gasteiger partial charge is 0.160 e. The van der Waals surface area contributed by atoms with Gasteiger partial charge in [-0.3, -0.25) is 4.79 Å². The van der Waals surface area contributed by atoms with Crippen LogP contribution in [-0.4, -0.2) is 16.1 Å². The van der Waals surface area contributed by atoms with E-state index in [0.29, 0.717) is 9.90 Å². The molecule has 14 heavy (non-hydrogen) atoms. The first kappa shape index (κ1) is 9.43. The summed E-state index contributed by atoms with van der Waals surface area (Å²) in [5, 5.41) is 6.70. The van der Waals surface area contributed by atoms with Gasteiger partial charge in [0.25, 0.3) is 0 Å². The van der Waals surface area contributed by atoms with Crippen LogP contribution < -0.4 is 0 Å². The van der Waals surface area contributed by atoms with Crippen molar-refractivity contribution in [2.24, 2.45) is 0 Å². The lowest BCUT2D eigenvalue weighted by Gasteiger charge is -1.93. The molecule has 0 saturated carbocycles. The van der Waals surface area contributed by atoms with E-state index < -0.39 is 0 Å². The molecular weight excluding hydrogens is 220 g/mol. The molecule has 2 aromatic rings. The number of nitrogens with zero attached hydrogens (tertiary/aromatic N) is 2. The molecule has 0 radical (unpaired) electrons. The van der Waals surface area contributed by atoms with Crippen molar-refractivity contribution in [3.63, 3.8) is 0 Å². The number of halogens is 1. The van der Waals surface area contributed by atoms with Gasteiger partial charge in [-0.25, -0.2) is 4.68 Å². The van der Waals surface area contributed by atoms with Crippen LogP contribution in [0.25, 0.3) is 5.69 Å². The van der Waals surface area contributed by atoms with Crippen LogP contribution in [0.1, 0.15) is 15.4 Å². The maximum atomic E-state index is 10.5. The molecule has 0 aliphatic rings. The fraction of sp³-hybridized carbons (Fsp3) is 0.111. The van der Waals surface area contributed by atoms with E-state index in [1.807, 2.05) is 12.3 Å². The second-order valence-electron chi connectivity index (χ2n) is 2.83. The minimum Gasteiger partial charge on any atom is -0.297 e. The Kier molecular flexibility index (Phi) is 2.39. The van der Waals surface area contributed by atoms with E-state index in [1.54, 1.807) is 16.9 Å². The zero-order valence-electron chi connectivity index (χ0n) is 7.40. The van der Waals surface area contributed by atoms with Gasteiger partial charge in [0, 0.05) is 11.6 Å². The van der Waals surface area contributed by atoms with Crippen molar-refractivity contribution in [1.82, 2.24) is 9.78 Å². The molecule has 0 aliphatic carbocycles. The number of aromatic nitrogens is 2. The number of aryl methyl sites for hydroxylation is 1. The molecule has 0 unspecified atom stereocenters. The molecule has 72 valence electrons. The lowest BCUT2D eigenvalue weighted by atomic mass is 10.4. The first-order chi connectivity index (χ1) is 6.70. The molecular formula is C9H7ClN2OS. The van der Waals surface area contributed by atoms with Gasteiger partial charge in [0.2, 0.25) is 0 Å². The Morgan fingerprint density at radius 3 is 2.93 bits per heavy atom. The Morgan fingerprint density at radius 2 is 2.43 bits per heavy atom. The molecule has 0 fully saturated rings.